The van der Waals surface area contributed by atoms with Gasteiger partial charge in [-0.2, -0.15) is 10.2 Å². The molecule has 2 aromatic heterocycles. The van der Waals surface area contributed by atoms with Gasteiger partial charge in [-0.25, -0.2) is 0 Å². The largest absolute Gasteiger partial charge is 0.311 e. The first-order valence-electron chi connectivity index (χ1n) is 7.01. The highest BCUT2D eigenvalue weighted by molar-refractivity contribution is 6.31. The summed E-state index contributed by atoms with van der Waals surface area (Å²) in [5, 5.41) is 12.9. The van der Waals surface area contributed by atoms with Crippen molar-refractivity contribution in [2.24, 2.45) is 7.05 Å². The molecule has 1 N–H and O–H groups in total. The van der Waals surface area contributed by atoms with Crippen molar-refractivity contribution in [3.63, 3.8) is 0 Å². The number of hydrogen-bond acceptors (Lipinski definition) is 3. The normalized spacial score (nSPS) is 12.8. The van der Waals surface area contributed by atoms with Crippen molar-refractivity contribution in [2.45, 2.75) is 39.3 Å². The molecule has 0 spiro atoms. The molecule has 0 aliphatic carbocycles. The third kappa shape index (κ3) is 2.74. The number of hydrogen-bond donors (Lipinski definition) is 1. The van der Waals surface area contributed by atoms with Gasteiger partial charge in [0.25, 0.3) is 0 Å². The molecule has 1 atom stereocenters. The smallest absolute Gasteiger partial charge is 0.0850 e. The highest BCUT2D eigenvalue weighted by Gasteiger charge is 2.20. The number of nitrogens with one attached hydrogen (secondary N) is 1. The van der Waals surface area contributed by atoms with E-state index >= 15 is 0 Å². The van der Waals surface area contributed by atoms with Crippen LogP contribution in [0.25, 0.3) is 0 Å². The van der Waals surface area contributed by atoms with Crippen LogP contribution in [0.4, 0.5) is 0 Å². The van der Waals surface area contributed by atoms with Gasteiger partial charge in [-0.05, 0) is 26.5 Å². The molecule has 2 rings (SSSR count). The Bertz CT molecular complexity index is 572. The van der Waals surface area contributed by atoms with Crippen molar-refractivity contribution < 1.29 is 0 Å². The molecule has 0 saturated heterocycles. The van der Waals surface area contributed by atoms with Gasteiger partial charge in [-0.3, -0.25) is 9.36 Å². The average Bonchev–Trinajstić information content (AvgIpc) is 3.00. The summed E-state index contributed by atoms with van der Waals surface area (Å²) in [7, 11) is 3.91. The fourth-order valence-corrected chi connectivity index (χ4v) is 2.83. The van der Waals surface area contributed by atoms with E-state index in [1.807, 2.05) is 35.7 Å². The van der Waals surface area contributed by atoms with Crippen molar-refractivity contribution in [2.75, 3.05) is 7.05 Å². The van der Waals surface area contributed by atoms with Gasteiger partial charge in [-0.1, -0.05) is 18.5 Å². The van der Waals surface area contributed by atoms with Crippen LogP contribution in [0.1, 0.15) is 37.0 Å². The standard InChI is InChI=1S/C14H22ClN5/c1-5-10-14(15)13(20(6-2)18-10)9-11(16-3)12-7-8-17-19(12)4/h7-8,11,16H,5-6,9H2,1-4H3. The van der Waals surface area contributed by atoms with Crippen LogP contribution in [0, 0.1) is 0 Å². The van der Waals surface area contributed by atoms with Crippen molar-refractivity contribution in [3.8, 4) is 0 Å². The van der Waals surface area contributed by atoms with Crippen LogP contribution in [-0.2, 0) is 26.4 Å². The zero-order valence-electron chi connectivity index (χ0n) is 12.5. The number of likely N-dealkylation sites (N-methyl/N-ethyl adjacent to an activating group) is 1. The Kier molecular flexibility index (Phi) is 4.83. The third-order valence-electron chi connectivity index (χ3n) is 3.66. The van der Waals surface area contributed by atoms with Gasteiger partial charge >= 0.3 is 0 Å². The molecule has 2 heterocycles. The fraction of sp³-hybridized carbons (Fsp3) is 0.571. The minimum absolute atomic E-state index is 0.173. The van der Waals surface area contributed by atoms with Crippen LogP contribution in [0.5, 0.6) is 0 Å². The van der Waals surface area contributed by atoms with Gasteiger partial charge in [0, 0.05) is 26.2 Å². The predicted octanol–water partition coefficient (Wildman–Crippen LogP) is 2.36. The van der Waals surface area contributed by atoms with E-state index in [9.17, 15) is 0 Å². The SMILES string of the molecule is CCc1nn(CC)c(CC(NC)c2ccnn2C)c1Cl. The van der Waals surface area contributed by atoms with Crippen LogP contribution in [-0.4, -0.2) is 26.6 Å². The van der Waals surface area contributed by atoms with Crippen LogP contribution >= 0.6 is 11.6 Å². The molecule has 0 aromatic carbocycles. The van der Waals surface area contributed by atoms with E-state index in [1.165, 1.54) is 0 Å². The quantitative estimate of drug-likeness (QED) is 0.890. The number of aromatic nitrogens is 4. The first-order valence-corrected chi connectivity index (χ1v) is 7.39. The van der Waals surface area contributed by atoms with Gasteiger partial charge in [-0.15, -0.1) is 0 Å². The molecule has 0 fully saturated rings. The molecule has 110 valence electrons. The van der Waals surface area contributed by atoms with E-state index in [4.69, 9.17) is 11.6 Å². The van der Waals surface area contributed by atoms with E-state index in [-0.39, 0.29) is 6.04 Å². The summed E-state index contributed by atoms with van der Waals surface area (Å²) in [4.78, 5) is 0. The maximum Gasteiger partial charge on any atom is 0.0850 e. The van der Waals surface area contributed by atoms with Gasteiger partial charge < -0.3 is 5.32 Å². The van der Waals surface area contributed by atoms with Crippen molar-refractivity contribution >= 4 is 11.6 Å². The van der Waals surface area contributed by atoms with Gasteiger partial charge in [0.2, 0.25) is 0 Å². The predicted molar refractivity (Wildman–Crippen MR) is 81.0 cm³/mol. The Labute approximate surface area is 124 Å². The summed E-state index contributed by atoms with van der Waals surface area (Å²) < 4.78 is 3.89. The Hall–Kier alpha value is -1.33. The molecule has 0 amide bonds. The average molecular weight is 296 g/mol. The Morgan fingerprint density at radius 1 is 1.40 bits per heavy atom. The molecule has 0 aliphatic heterocycles. The lowest BCUT2D eigenvalue weighted by atomic mass is 10.1. The summed E-state index contributed by atoms with van der Waals surface area (Å²) >= 11 is 6.48. The Morgan fingerprint density at radius 3 is 2.65 bits per heavy atom. The van der Waals surface area contributed by atoms with E-state index in [0.717, 1.165) is 41.5 Å². The van der Waals surface area contributed by atoms with Gasteiger partial charge in [0.1, 0.15) is 0 Å². The third-order valence-corrected chi connectivity index (χ3v) is 4.09. The fourth-order valence-electron chi connectivity index (χ4n) is 2.49. The molecular weight excluding hydrogens is 274 g/mol. The highest BCUT2D eigenvalue weighted by Crippen LogP contribution is 2.26. The molecular formula is C14H22ClN5. The first kappa shape index (κ1) is 15.1. The lowest BCUT2D eigenvalue weighted by Gasteiger charge is -2.17. The highest BCUT2D eigenvalue weighted by atomic mass is 35.5. The molecule has 6 heteroatoms. The van der Waals surface area contributed by atoms with Crippen molar-refractivity contribution in [1.29, 1.82) is 0 Å². The summed E-state index contributed by atoms with van der Waals surface area (Å²) in [5.41, 5.74) is 3.21. The van der Waals surface area contributed by atoms with Crippen molar-refractivity contribution in [3.05, 3.63) is 34.4 Å². The molecule has 0 saturated carbocycles. The zero-order chi connectivity index (χ0) is 14.7. The second-order valence-electron chi connectivity index (χ2n) is 4.80. The topological polar surface area (TPSA) is 47.7 Å². The molecule has 0 radical (unpaired) electrons. The van der Waals surface area contributed by atoms with E-state index in [2.05, 4.69) is 29.4 Å². The second kappa shape index (κ2) is 6.41. The summed E-state index contributed by atoms with van der Waals surface area (Å²) in [6, 6.07) is 2.20. The number of aryl methyl sites for hydroxylation is 3. The maximum absolute atomic E-state index is 6.48. The van der Waals surface area contributed by atoms with Gasteiger partial charge in [0.05, 0.1) is 28.1 Å². The molecule has 0 aliphatic rings. The van der Waals surface area contributed by atoms with Gasteiger partial charge in [0.15, 0.2) is 0 Å². The molecule has 20 heavy (non-hydrogen) atoms. The van der Waals surface area contributed by atoms with Crippen molar-refractivity contribution in [1.82, 2.24) is 24.9 Å². The summed E-state index contributed by atoms with van der Waals surface area (Å²) in [5.74, 6) is 0. The lowest BCUT2D eigenvalue weighted by Crippen LogP contribution is -2.23. The second-order valence-corrected chi connectivity index (χ2v) is 5.18. The van der Waals surface area contributed by atoms with Crippen LogP contribution in [0.2, 0.25) is 5.02 Å². The Morgan fingerprint density at radius 2 is 2.15 bits per heavy atom. The molecule has 0 bridgehead atoms. The van der Waals surface area contributed by atoms with Crippen LogP contribution in [0.15, 0.2) is 12.3 Å². The lowest BCUT2D eigenvalue weighted by molar-refractivity contribution is 0.508. The minimum atomic E-state index is 0.173. The first-order chi connectivity index (χ1) is 9.62. The molecule has 2 aromatic rings. The number of halogens is 1. The minimum Gasteiger partial charge on any atom is -0.311 e. The molecule has 1 unspecified atom stereocenters. The summed E-state index contributed by atoms with van der Waals surface area (Å²) in [6.07, 6.45) is 3.47. The van der Waals surface area contributed by atoms with E-state index in [1.54, 1.807) is 0 Å². The number of nitrogens with zero attached hydrogens (tertiary/aromatic N) is 4. The van der Waals surface area contributed by atoms with Crippen LogP contribution in [0.3, 0.4) is 0 Å². The Balaban J connectivity index is 2.32. The zero-order valence-corrected chi connectivity index (χ0v) is 13.3. The van der Waals surface area contributed by atoms with E-state index < -0.39 is 0 Å². The van der Waals surface area contributed by atoms with Crippen LogP contribution < -0.4 is 5.32 Å². The monoisotopic (exact) mass is 295 g/mol. The molecule has 5 nitrogen and oxygen atoms in total. The number of rotatable bonds is 6. The maximum atomic E-state index is 6.48. The summed E-state index contributed by atoms with van der Waals surface area (Å²) in [6.45, 7) is 5.00. The van der Waals surface area contributed by atoms with E-state index in [0.29, 0.717) is 0 Å².